The van der Waals surface area contributed by atoms with Crippen molar-refractivity contribution in [2.24, 2.45) is 17.3 Å². The Bertz CT molecular complexity index is 804. The Morgan fingerprint density at radius 3 is 2.48 bits per heavy atom. The SMILES string of the molecule is COCCOCc1nc(C(F)(F)F)ccc1C(=O)C1C(=O)[C@@H](C)CC(C)(C)C1=O. The van der Waals surface area contributed by atoms with E-state index in [9.17, 15) is 27.6 Å². The zero-order valence-electron chi connectivity index (χ0n) is 16.8. The van der Waals surface area contributed by atoms with E-state index in [-0.39, 0.29) is 31.1 Å². The molecular weight excluding hydrogens is 391 g/mol. The highest BCUT2D eigenvalue weighted by molar-refractivity contribution is 6.26. The summed E-state index contributed by atoms with van der Waals surface area (Å²) in [6, 6.07) is 1.62. The van der Waals surface area contributed by atoms with E-state index in [0.29, 0.717) is 12.5 Å². The Labute approximate surface area is 166 Å². The lowest BCUT2D eigenvalue weighted by Crippen LogP contribution is -2.48. The highest BCUT2D eigenvalue weighted by Crippen LogP contribution is 2.38. The van der Waals surface area contributed by atoms with Gasteiger partial charge in [0.15, 0.2) is 17.3 Å². The fourth-order valence-corrected chi connectivity index (χ4v) is 3.48. The van der Waals surface area contributed by atoms with Crippen molar-refractivity contribution in [1.82, 2.24) is 4.98 Å². The predicted molar refractivity (Wildman–Crippen MR) is 96.2 cm³/mol. The van der Waals surface area contributed by atoms with Crippen molar-refractivity contribution in [3.8, 4) is 0 Å². The van der Waals surface area contributed by atoms with Crippen LogP contribution in [0.3, 0.4) is 0 Å². The van der Waals surface area contributed by atoms with Crippen molar-refractivity contribution in [2.45, 2.75) is 40.0 Å². The molecule has 1 fully saturated rings. The summed E-state index contributed by atoms with van der Waals surface area (Å²) in [6.07, 6.45) is -4.40. The second kappa shape index (κ2) is 8.71. The standard InChI is InChI=1S/C20H24F3NO5/c1-11-9-19(2,3)18(27)15(16(11)25)17(26)12-5-6-14(20(21,22)23)24-13(12)10-29-8-7-28-4/h5-6,11,15H,7-10H2,1-4H3/t11-,15?/m0/s1. The smallest absolute Gasteiger partial charge is 0.382 e. The van der Waals surface area contributed by atoms with Crippen LogP contribution in [-0.4, -0.2) is 42.7 Å². The van der Waals surface area contributed by atoms with Crippen molar-refractivity contribution in [2.75, 3.05) is 20.3 Å². The van der Waals surface area contributed by atoms with E-state index in [0.717, 1.165) is 6.07 Å². The maximum Gasteiger partial charge on any atom is 0.433 e. The number of ether oxygens (including phenoxy) is 2. The van der Waals surface area contributed by atoms with E-state index < -0.39 is 46.5 Å². The molecule has 1 aliphatic rings. The number of aromatic nitrogens is 1. The van der Waals surface area contributed by atoms with Crippen molar-refractivity contribution in [3.05, 3.63) is 29.1 Å². The van der Waals surface area contributed by atoms with E-state index in [1.54, 1.807) is 20.8 Å². The lowest BCUT2D eigenvalue weighted by molar-refractivity contribution is -0.144. The fourth-order valence-electron chi connectivity index (χ4n) is 3.48. The number of hydrogen-bond acceptors (Lipinski definition) is 6. The first-order valence-electron chi connectivity index (χ1n) is 9.16. The van der Waals surface area contributed by atoms with Gasteiger partial charge in [0.25, 0.3) is 0 Å². The van der Waals surface area contributed by atoms with E-state index >= 15 is 0 Å². The van der Waals surface area contributed by atoms with Crippen molar-refractivity contribution < 1.29 is 37.0 Å². The molecule has 1 aliphatic carbocycles. The van der Waals surface area contributed by atoms with Gasteiger partial charge in [0, 0.05) is 24.0 Å². The molecular formula is C20H24F3NO5. The minimum Gasteiger partial charge on any atom is -0.382 e. The van der Waals surface area contributed by atoms with Gasteiger partial charge in [-0.15, -0.1) is 0 Å². The molecule has 0 N–H and O–H groups in total. The minimum atomic E-state index is -4.71. The number of pyridine rings is 1. The van der Waals surface area contributed by atoms with Crippen LogP contribution >= 0.6 is 0 Å². The number of Topliss-reactive ketones (excluding diaryl/α,β-unsaturated/α-hetero) is 3. The zero-order chi connectivity index (χ0) is 22.0. The van der Waals surface area contributed by atoms with Crippen LogP contribution < -0.4 is 0 Å². The van der Waals surface area contributed by atoms with E-state index in [1.807, 2.05) is 0 Å². The van der Waals surface area contributed by atoms with E-state index in [1.165, 1.54) is 7.11 Å². The topological polar surface area (TPSA) is 82.6 Å². The van der Waals surface area contributed by atoms with Gasteiger partial charge in [-0.25, -0.2) is 4.98 Å². The van der Waals surface area contributed by atoms with Crippen molar-refractivity contribution in [3.63, 3.8) is 0 Å². The largest absolute Gasteiger partial charge is 0.433 e. The number of ketones is 3. The number of carbonyl (C=O) groups excluding carboxylic acids is 3. The maximum atomic E-state index is 13.1. The molecule has 1 aromatic rings. The van der Waals surface area contributed by atoms with Crippen molar-refractivity contribution >= 4 is 17.3 Å². The summed E-state index contributed by atoms with van der Waals surface area (Å²) in [5.74, 6) is -3.96. The molecule has 29 heavy (non-hydrogen) atoms. The lowest BCUT2D eigenvalue weighted by atomic mass is 9.64. The van der Waals surface area contributed by atoms with Gasteiger partial charge in [0.2, 0.25) is 0 Å². The zero-order valence-corrected chi connectivity index (χ0v) is 16.8. The normalized spacial score (nSPS) is 22.0. The predicted octanol–water partition coefficient (Wildman–Crippen LogP) is 3.27. The molecule has 9 heteroatoms. The van der Waals surface area contributed by atoms with Gasteiger partial charge in [-0.05, 0) is 18.6 Å². The molecule has 0 bridgehead atoms. The van der Waals surface area contributed by atoms with Gasteiger partial charge in [-0.2, -0.15) is 13.2 Å². The number of halogens is 3. The van der Waals surface area contributed by atoms with Crippen molar-refractivity contribution in [1.29, 1.82) is 0 Å². The van der Waals surface area contributed by atoms with Crippen LogP contribution in [0.2, 0.25) is 0 Å². The molecule has 0 amide bonds. The van der Waals surface area contributed by atoms with Crippen LogP contribution in [-0.2, 0) is 31.8 Å². The number of carbonyl (C=O) groups is 3. The van der Waals surface area contributed by atoms with Crippen LogP contribution in [0, 0.1) is 17.3 Å². The summed E-state index contributed by atoms with van der Waals surface area (Å²) >= 11 is 0. The molecule has 1 unspecified atom stereocenters. The average molecular weight is 415 g/mol. The maximum absolute atomic E-state index is 13.1. The second-order valence-electron chi connectivity index (χ2n) is 7.79. The van der Waals surface area contributed by atoms with Gasteiger partial charge in [0.1, 0.15) is 11.6 Å². The highest BCUT2D eigenvalue weighted by Gasteiger charge is 2.49. The number of methoxy groups -OCH3 is 1. The number of hydrogen-bond donors (Lipinski definition) is 0. The second-order valence-corrected chi connectivity index (χ2v) is 7.79. The molecule has 2 atom stereocenters. The first-order valence-corrected chi connectivity index (χ1v) is 9.16. The summed E-state index contributed by atoms with van der Waals surface area (Å²) in [5.41, 5.74) is -2.55. The molecule has 0 aromatic carbocycles. The summed E-state index contributed by atoms with van der Waals surface area (Å²) in [5, 5.41) is 0. The van der Waals surface area contributed by atoms with Crippen LogP contribution in [0.15, 0.2) is 12.1 Å². The van der Waals surface area contributed by atoms with Gasteiger partial charge in [-0.3, -0.25) is 14.4 Å². The number of rotatable bonds is 7. The van der Waals surface area contributed by atoms with Gasteiger partial charge in [0.05, 0.1) is 25.5 Å². The molecule has 160 valence electrons. The molecule has 0 spiro atoms. The van der Waals surface area contributed by atoms with Gasteiger partial charge >= 0.3 is 6.18 Å². The number of nitrogens with zero attached hydrogens (tertiary/aromatic N) is 1. The minimum absolute atomic E-state index is 0.0768. The Kier molecular flexibility index (Phi) is 6.95. The summed E-state index contributed by atoms with van der Waals surface area (Å²) in [4.78, 5) is 42.0. The Morgan fingerprint density at radius 2 is 1.90 bits per heavy atom. The monoisotopic (exact) mass is 415 g/mol. The lowest BCUT2D eigenvalue weighted by Gasteiger charge is -2.35. The number of alkyl halides is 3. The average Bonchev–Trinajstić information content (AvgIpc) is 2.62. The molecule has 0 aliphatic heterocycles. The van der Waals surface area contributed by atoms with E-state index in [2.05, 4.69) is 4.98 Å². The van der Waals surface area contributed by atoms with Crippen LogP contribution in [0.25, 0.3) is 0 Å². The first kappa shape index (κ1) is 23.2. The third-order valence-corrected chi connectivity index (χ3v) is 4.98. The molecule has 1 aromatic heterocycles. The molecule has 6 nitrogen and oxygen atoms in total. The van der Waals surface area contributed by atoms with Crippen LogP contribution in [0.4, 0.5) is 13.2 Å². The fraction of sp³-hybridized carbons (Fsp3) is 0.600. The highest BCUT2D eigenvalue weighted by atomic mass is 19.4. The van der Waals surface area contributed by atoms with Gasteiger partial charge in [-0.1, -0.05) is 20.8 Å². The molecule has 2 rings (SSSR count). The Hall–Kier alpha value is -2.13. The summed E-state index contributed by atoms with van der Waals surface area (Å²) in [7, 11) is 1.43. The molecule has 0 radical (unpaired) electrons. The third kappa shape index (κ3) is 5.08. The Morgan fingerprint density at radius 1 is 1.24 bits per heavy atom. The van der Waals surface area contributed by atoms with E-state index in [4.69, 9.17) is 9.47 Å². The molecule has 1 saturated carbocycles. The quantitative estimate of drug-likeness (QED) is 0.386. The van der Waals surface area contributed by atoms with Crippen LogP contribution in [0.5, 0.6) is 0 Å². The Balaban J connectivity index is 2.43. The van der Waals surface area contributed by atoms with Gasteiger partial charge < -0.3 is 9.47 Å². The molecule has 1 heterocycles. The molecule has 0 saturated heterocycles. The summed E-state index contributed by atoms with van der Waals surface area (Å²) in [6.45, 7) is 4.83. The third-order valence-electron chi connectivity index (χ3n) is 4.98. The first-order chi connectivity index (χ1) is 13.4. The van der Waals surface area contributed by atoms with Crippen LogP contribution in [0.1, 0.15) is 48.9 Å². The summed E-state index contributed by atoms with van der Waals surface area (Å²) < 4.78 is 49.2.